The third-order valence-corrected chi connectivity index (χ3v) is 3.26. The zero-order chi connectivity index (χ0) is 10.6. The number of nitrogens with one attached hydrogen (secondary N) is 1. The van der Waals surface area contributed by atoms with Gasteiger partial charge in [-0.3, -0.25) is 14.9 Å². The molecule has 3 aliphatic rings. The molecule has 2 bridgehead atoms. The Bertz CT molecular complexity index is 367. The fraction of sp³-hybridized carbons (Fsp3) is 0.667. The van der Waals surface area contributed by atoms with Crippen molar-refractivity contribution in [3.8, 4) is 0 Å². The van der Waals surface area contributed by atoms with Crippen LogP contribution in [-0.2, 0) is 14.3 Å². The molecule has 0 aromatic heterocycles. The van der Waals surface area contributed by atoms with E-state index in [9.17, 15) is 14.4 Å². The second-order valence-corrected chi connectivity index (χ2v) is 4.11. The van der Waals surface area contributed by atoms with Gasteiger partial charge in [-0.25, -0.2) is 9.69 Å². The lowest BCUT2D eigenvalue weighted by molar-refractivity contribution is -0.141. The quantitative estimate of drug-likeness (QED) is 0.462. The molecule has 1 N–H and O–H groups in total. The highest BCUT2D eigenvalue weighted by molar-refractivity contribution is 6.44. The summed E-state index contributed by atoms with van der Waals surface area (Å²) in [5.74, 6) is -1.58. The number of nitrogens with zero attached hydrogens (tertiary/aromatic N) is 1. The Morgan fingerprint density at radius 3 is 2.53 bits per heavy atom. The topological polar surface area (TPSA) is 75.7 Å². The molecule has 6 nitrogen and oxygen atoms in total. The van der Waals surface area contributed by atoms with E-state index in [0.29, 0.717) is 6.42 Å². The van der Waals surface area contributed by atoms with Crippen molar-refractivity contribution >= 4 is 17.8 Å². The van der Waals surface area contributed by atoms with Gasteiger partial charge in [-0.1, -0.05) is 0 Å². The van der Waals surface area contributed by atoms with Crippen molar-refractivity contribution in [3.63, 3.8) is 0 Å². The van der Waals surface area contributed by atoms with Gasteiger partial charge in [0.2, 0.25) is 0 Å². The minimum atomic E-state index is -0.831. The first-order chi connectivity index (χ1) is 7.16. The summed E-state index contributed by atoms with van der Waals surface area (Å²) in [6.45, 7) is 0. The molecule has 0 aromatic rings. The van der Waals surface area contributed by atoms with Crippen LogP contribution < -0.4 is 5.32 Å². The number of hydrogen-bond donors (Lipinski definition) is 1. The minimum absolute atomic E-state index is 0.0735. The molecule has 4 amide bonds. The molecule has 3 fully saturated rings. The molecule has 3 unspecified atom stereocenters. The van der Waals surface area contributed by atoms with Gasteiger partial charge >= 0.3 is 17.8 Å². The average Bonchev–Trinajstić information content (AvgIpc) is 2.83. The molecular weight excluding hydrogens is 200 g/mol. The van der Waals surface area contributed by atoms with Crippen molar-refractivity contribution in [2.24, 2.45) is 0 Å². The van der Waals surface area contributed by atoms with Crippen molar-refractivity contribution in [1.82, 2.24) is 10.2 Å². The number of rotatable bonds is 1. The highest BCUT2D eigenvalue weighted by Crippen LogP contribution is 2.37. The minimum Gasteiger partial charge on any atom is -0.373 e. The van der Waals surface area contributed by atoms with E-state index in [2.05, 4.69) is 0 Å². The molecular formula is C9H10N2O4. The summed E-state index contributed by atoms with van der Waals surface area (Å²) in [5, 5.41) is 2.00. The normalized spacial score (nSPS) is 39.1. The third-order valence-electron chi connectivity index (χ3n) is 3.26. The number of carbonyl (C=O) groups is 3. The Morgan fingerprint density at radius 2 is 2.07 bits per heavy atom. The van der Waals surface area contributed by atoms with Crippen LogP contribution in [0.3, 0.4) is 0 Å². The molecule has 0 saturated carbocycles. The largest absolute Gasteiger partial charge is 0.373 e. The summed E-state index contributed by atoms with van der Waals surface area (Å²) in [7, 11) is 0. The number of fused-ring (bicyclic) bond motifs is 2. The van der Waals surface area contributed by atoms with Gasteiger partial charge in [0, 0.05) is 0 Å². The Kier molecular flexibility index (Phi) is 1.64. The molecule has 15 heavy (non-hydrogen) atoms. The van der Waals surface area contributed by atoms with Crippen LogP contribution >= 0.6 is 0 Å². The first-order valence-electron chi connectivity index (χ1n) is 5.01. The van der Waals surface area contributed by atoms with Crippen molar-refractivity contribution in [2.75, 3.05) is 0 Å². The van der Waals surface area contributed by atoms with Gasteiger partial charge in [0.15, 0.2) is 0 Å². The van der Waals surface area contributed by atoms with Gasteiger partial charge in [0.05, 0.1) is 18.2 Å². The van der Waals surface area contributed by atoms with E-state index in [1.54, 1.807) is 0 Å². The molecule has 0 aromatic carbocycles. The zero-order valence-electron chi connectivity index (χ0n) is 7.93. The summed E-state index contributed by atoms with van der Waals surface area (Å²) in [5.41, 5.74) is 0. The molecule has 0 aliphatic carbocycles. The summed E-state index contributed by atoms with van der Waals surface area (Å²) in [6, 6.07) is -0.853. The van der Waals surface area contributed by atoms with Crippen LogP contribution in [-0.4, -0.2) is 41.0 Å². The maximum absolute atomic E-state index is 11.4. The van der Waals surface area contributed by atoms with Gasteiger partial charge in [-0.05, 0) is 19.3 Å². The first kappa shape index (κ1) is 8.84. The lowest BCUT2D eigenvalue weighted by atomic mass is 9.94. The van der Waals surface area contributed by atoms with Crippen molar-refractivity contribution < 1.29 is 19.1 Å². The molecule has 3 saturated heterocycles. The summed E-state index contributed by atoms with van der Waals surface area (Å²) in [6.07, 6.45) is 2.59. The summed E-state index contributed by atoms with van der Waals surface area (Å²) >= 11 is 0. The summed E-state index contributed by atoms with van der Waals surface area (Å²) < 4.78 is 5.54. The van der Waals surface area contributed by atoms with Crippen LogP contribution in [0.15, 0.2) is 0 Å². The molecule has 0 radical (unpaired) electrons. The number of imide groups is 2. The number of urea groups is 1. The molecule has 80 valence electrons. The van der Waals surface area contributed by atoms with E-state index in [4.69, 9.17) is 4.74 Å². The lowest BCUT2D eigenvalue weighted by Gasteiger charge is -2.25. The predicted octanol–water partition coefficient (Wildman–Crippen LogP) is -0.615. The van der Waals surface area contributed by atoms with E-state index < -0.39 is 17.8 Å². The molecule has 3 atom stereocenters. The Labute approximate surface area is 85.5 Å². The Hall–Kier alpha value is -1.43. The van der Waals surface area contributed by atoms with Crippen molar-refractivity contribution in [1.29, 1.82) is 0 Å². The first-order valence-corrected chi connectivity index (χ1v) is 5.01. The maximum Gasteiger partial charge on any atom is 0.331 e. The molecule has 3 rings (SSSR count). The molecule has 6 heteroatoms. The van der Waals surface area contributed by atoms with E-state index in [1.165, 1.54) is 0 Å². The second-order valence-electron chi connectivity index (χ2n) is 4.11. The Balaban J connectivity index is 1.85. The van der Waals surface area contributed by atoms with Gasteiger partial charge in [-0.2, -0.15) is 0 Å². The fourth-order valence-corrected chi connectivity index (χ4v) is 2.60. The Morgan fingerprint density at radius 1 is 1.27 bits per heavy atom. The summed E-state index contributed by atoms with van der Waals surface area (Å²) in [4.78, 5) is 34.8. The zero-order valence-corrected chi connectivity index (χ0v) is 7.93. The van der Waals surface area contributed by atoms with E-state index in [1.807, 2.05) is 5.32 Å². The predicted molar refractivity (Wildman–Crippen MR) is 46.7 cm³/mol. The van der Waals surface area contributed by atoms with Gasteiger partial charge in [-0.15, -0.1) is 0 Å². The lowest BCUT2D eigenvalue weighted by Crippen LogP contribution is -2.45. The van der Waals surface area contributed by atoms with Crippen LogP contribution in [0.1, 0.15) is 19.3 Å². The monoisotopic (exact) mass is 210 g/mol. The van der Waals surface area contributed by atoms with Crippen molar-refractivity contribution in [2.45, 2.75) is 37.5 Å². The van der Waals surface area contributed by atoms with Gasteiger partial charge in [0.1, 0.15) is 0 Å². The van der Waals surface area contributed by atoms with Crippen LogP contribution in [0, 0.1) is 0 Å². The van der Waals surface area contributed by atoms with E-state index in [-0.39, 0.29) is 18.2 Å². The number of hydrogen-bond acceptors (Lipinski definition) is 4. The van der Waals surface area contributed by atoms with Crippen LogP contribution in [0.5, 0.6) is 0 Å². The molecule has 0 spiro atoms. The van der Waals surface area contributed by atoms with Crippen LogP contribution in [0.25, 0.3) is 0 Å². The van der Waals surface area contributed by atoms with E-state index in [0.717, 1.165) is 17.7 Å². The SMILES string of the molecule is O=C1NC(=O)N(C2CC3CCC2O3)C1=O. The maximum atomic E-state index is 11.4. The number of carbonyl (C=O) groups excluding carboxylic acids is 3. The smallest absolute Gasteiger partial charge is 0.331 e. The number of amides is 4. The van der Waals surface area contributed by atoms with Gasteiger partial charge < -0.3 is 4.74 Å². The van der Waals surface area contributed by atoms with Crippen LogP contribution in [0.4, 0.5) is 4.79 Å². The second kappa shape index (κ2) is 2.79. The highest BCUT2D eigenvalue weighted by atomic mass is 16.5. The third kappa shape index (κ3) is 1.11. The number of ether oxygens (including phenoxy) is 1. The molecule has 3 heterocycles. The fourth-order valence-electron chi connectivity index (χ4n) is 2.60. The van der Waals surface area contributed by atoms with Crippen LogP contribution in [0.2, 0.25) is 0 Å². The molecule has 3 aliphatic heterocycles. The average molecular weight is 210 g/mol. The van der Waals surface area contributed by atoms with E-state index >= 15 is 0 Å². The standard InChI is InChI=1S/C9H10N2O4/c12-7-8(13)11(9(14)10-7)5-3-4-1-2-6(5)15-4/h4-6H,1-3H2,(H,10,12,14). The van der Waals surface area contributed by atoms with Crippen molar-refractivity contribution in [3.05, 3.63) is 0 Å². The van der Waals surface area contributed by atoms with Gasteiger partial charge in [0.25, 0.3) is 0 Å². The highest BCUT2D eigenvalue weighted by Gasteiger charge is 2.51.